The highest BCUT2D eigenvalue weighted by Gasteiger charge is 2.15. The molecule has 0 bridgehead atoms. The summed E-state index contributed by atoms with van der Waals surface area (Å²) in [7, 11) is -2.18. The molecule has 2 heterocycles. The minimum absolute atomic E-state index is 0.0324. The quantitative estimate of drug-likeness (QED) is 0.719. The molecule has 1 aromatic carbocycles. The molecule has 124 valence electrons. The average molecular weight is 345 g/mol. The maximum atomic E-state index is 12.3. The molecule has 8 nitrogen and oxygen atoms in total. The predicted molar refractivity (Wildman–Crippen MR) is 86.2 cm³/mol. The van der Waals surface area contributed by atoms with Gasteiger partial charge in [-0.25, -0.2) is 17.8 Å². The largest absolute Gasteiger partial charge is 0.497 e. The molecule has 0 radical (unpaired) electrons. The third kappa shape index (κ3) is 3.58. The number of pyridine rings is 1. The second kappa shape index (κ2) is 6.77. The molecule has 9 heteroatoms. The Morgan fingerprint density at radius 2 is 2.00 bits per heavy atom. The molecule has 0 amide bonds. The molecule has 0 aliphatic heterocycles. The lowest BCUT2D eigenvalue weighted by molar-refractivity contribution is 0.413. The van der Waals surface area contributed by atoms with Crippen molar-refractivity contribution in [1.29, 1.82) is 0 Å². The van der Waals surface area contributed by atoms with Crippen LogP contribution in [0.2, 0.25) is 0 Å². The van der Waals surface area contributed by atoms with Gasteiger partial charge in [0.2, 0.25) is 10.0 Å². The molecule has 0 spiro atoms. The van der Waals surface area contributed by atoms with E-state index in [-0.39, 0.29) is 11.4 Å². The van der Waals surface area contributed by atoms with Crippen LogP contribution < -0.4 is 9.46 Å². The highest BCUT2D eigenvalue weighted by Crippen LogP contribution is 2.17. The van der Waals surface area contributed by atoms with Crippen LogP contribution in [0, 0.1) is 0 Å². The maximum absolute atomic E-state index is 12.3. The van der Waals surface area contributed by atoms with Crippen LogP contribution in [0.1, 0.15) is 5.69 Å². The molecular weight excluding hydrogens is 330 g/mol. The van der Waals surface area contributed by atoms with Crippen molar-refractivity contribution in [1.82, 2.24) is 24.7 Å². The van der Waals surface area contributed by atoms with Crippen molar-refractivity contribution in [2.24, 2.45) is 0 Å². The third-order valence-corrected chi connectivity index (χ3v) is 4.66. The molecular formula is C15H15N5O3S. The van der Waals surface area contributed by atoms with Crippen molar-refractivity contribution >= 4 is 10.0 Å². The predicted octanol–water partition coefficient (Wildman–Crippen LogP) is 1.15. The second-order valence-electron chi connectivity index (χ2n) is 4.86. The number of ether oxygens (including phenoxy) is 1. The zero-order chi connectivity index (χ0) is 17.0. The summed E-state index contributed by atoms with van der Waals surface area (Å²) in [4.78, 5) is 4.06. The molecule has 3 aromatic rings. The topological polar surface area (TPSA) is 99.0 Å². The average Bonchev–Trinajstić information content (AvgIpc) is 3.10. The van der Waals surface area contributed by atoms with Crippen LogP contribution in [0.25, 0.3) is 5.69 Å². The van der Waals surface area contributed by atoms with Gasteiger partial charge in [-0.05, 0) is 24.3 Å². The van der Waals surface area contributed by atoms with Gasteiger partial charge >= 0.3 is 0 Å². The number of hydrogen-bond donors (Lipinski definition) is 1. The Morgan fingerprint density at radius 3 is 2.75 bits per heavy atom. The van der Waals surface area contributed by atoms with E-state index < -0.39 is 10.0 Å². The highest BCUT2D eigenvalue weighted by molar-refractivity contribution is 7.89. The van der Waals surface area contributed by atoms with Crippen LogP contribution in [0.3, 0.4) is 0 Å². The van der Waals surface area contributed by atoms with Crippen LogP contribution >= 0.6 is 0 Å². The van der Waals surface area contributed by atoms with Gasteiger partial charge in [0, 0.05) is 18.5 Å². The van der Waals surface area contributed by atoms with Crippen LogP contribution in [-0.4, -0.2) is 35.5 Å². The summed E-state index contributed by atoms with van der Waals surface area (Å²) in [5.74, 6) is 0.474. The number of benzene rings is 1. The Labute approximate surface area is 139 Å². The smallest absolute Gasteiger partial charge is 0.241 e. The van der Waals surface area contributed by atoms with E-state index in [0.717, 1.165) is 5.69 Å². The van der Waals surface area contributed by atoms with E-state index in [1.807, 2.05) is 0 Å². The minimum Gasteiger partial charge on any atom is -0.497 e. The molecule has 0 saturated carbocycles. The van der Waals surface area contributed by atoms with Gasteiger partial charge in [-0.2, -0.15) is 0 Å². The molecule has 0 aliphatic rings. The first-order valence-electron chi connectivity index (χ1n) is 7.04. The Kier molecular flexibility index (Phi) is 4.54. The minimum atomic E-state index is -3.66. The number of nitrogens with zero attached hydrogens (tertiary/aromatic N) is 4. The summed E-state index contributed by atoms with van der Waals surface area (Å²) in [6.07, 6.45) is 4.94. The number of methoxy groups -OCH3 is 1. The lowest BCUT2D eigenvalue weighted by Gasteiger charge is -2.06. The Bertz CT molecular complexity index is 925. The number of hydrogen-bond acceptors (Lipinski definition) is 6. The molecule has 2 aromatic heterocycles. The van der Waals surface area contributed by atoms with E-state index in [1.54, 1.807) is 47.5 Å². The van der Waals surface area contributed by atoms with Crippen molar-refractivity contribution in [3.63, 3.8) is 0 Å². The Balaban J connectivity index is 1.72. The molecule has 0 aliphatic carbocycles. The van der Waals surface area contributed by atoms with Crippen molar-refractivity contribution in [2.75, 3.05) is 7.11 Å². The SMILES string of the molecule is COc1cccc(S(=O)(=O)NCc2cn(-c3ccncc3)nn2)c1. The number of aromatic nitrogens is 4. The third-order valence-electron chi connectivity index (χ3n) is 3.26. The van der Waals surface area contributed by atoms with Crippen molar-refractivity contribution in [3.8, 4) is 11.4 Å². The first-order valence-corrected chi connectivity index (χ1v) is 8.52. The van der Waals surface area contributed by atoms with Crippen LogP contribution in [-0.2, 0) is 16.6 Å². The molecule has 3 rings (SSSR count). The van der Waals surface area contributed by atoms with Gasteiger partial charge < -0.3 is 4.74 Å². The van der Waals surface area contributed by atoms with Crippen molar-refractivity contribution < 1.29 is 13.2 Å². The van der Waals surface area contributed by atoms with Crippen LogP contribution in [0.15, 0.2) is 59.9 Å². The molecule has 0 unspecified atom stereocenters. The zero-order valence-corrected chi connectivity index (χ0v) is 13.6. The summed E-state index contributed by atoms with van der Waals surface area (Å²) >= 11 is 0. The second-order valence-corrected chi connectivity index (χ2v) is 6.63. The monoisotopic (exact) mass is 345 g/mol. The van der Waals surface area contributed by atoms with Gasteiger partial charge in [0.15, 0.2) is 0 Å². The molecule has 24 heavy (non-hydrogen) atoms. The van der Waals surface area contributed by atoms with Crippen molar-refractivity contribution in [3.05, 3.63) is 60.7 Å². The van der Waals surface area contributed by atoms with Gasteiger partial charge in [-0.15, -0.1) is 5.10 Å². The fourth-order valence-electron chi connectivity index (χ4n) is 2.02. The zero-order valence-electron chi connectivity index (χ0n) is 12.8. The van der Waals surface area contributed by atoms with E-state index in [9.17, 15) is 8.42 Å². The molecule has 1 N–H and O–H groups in total. The van der Waals surface area contributed by atoms with E-state index in [0.29, 0.717) is 11.4 Å². The lowest BCUT2D eigenvalue weighted by atomic mass is 10.3. The lowest BCUT2D eigenvalue weighted by Crippen LogP contribution is -2.23. The Hall–Kier alpha value is -2.78. The number of sulfonamides is 1. The first-order chi connectivity index (χ1) is 11.6. The summed E-state index contributed by atoms with van der Waals surface area (Å²) in [5, 5.41) is 7.94. The van der Waals surface area contributed by atoms with E-state index in [1.165, 1.54) is 19.2 Å². The van der Waals surface area contributed by atoms with E-state index >= 15 is 0 Å². The van der Waals surface area contributed by atoms with Gasteiger partial charge in [0.1, 0.15) is 5.75 Å². The summed E-state index contributed by atoms with van der Waals surface area (Å²) in [6.45, 7) is 0.0324. The van der Waals surface area contributed by atoms with Gasteiger partial charge in [0.25, 0.3) is 0 Å². The summed E-state index contributed by atoms with van der Waals surface area (Å²) in [5.41, 5.74) is 1.29. The molecule has 0 atom stereocenters. The van der Waals surface area contributed by atoms with E-state index in [4.69, 9.17) is 4.74 Å². The normalized spacial score (nSPS) is 11.4. The molecule has 0 fully saturated rings. The van der Waals surface area contributed by atoms with E-state index in [2.05, 4.69) is 20.0 Å². The Morgan fingerprint density at radius 1 is 1.21 bits per heavy atom. The first kappa shape index (κ1) is 16.1. The van der Waals surface area contributed by atoms with Gasteiger partial charge in [-0.1, -0.05) is 11.3 Å². The fraction of sp³-hybridized carbons (Fsp3) is 0.133. The van der Waals surface area contributed by atoms with Crippen LogP contribution in [0.5, 0.6) is 5.75 Å². The standard InChI is InChI=1S/C15H15N5O3S/c1-23-14-3-2-4-15(9-14)24(21,22)17-10-12-11-20(19-18-12)13-5-7-16-8-6-13/h2-9,11,17H,10H2,1H3. The van der Waals surface area contributed by atoms with Gasteiger partial charge in [-0.3, -0.25) is 4.98 Å². The van der Waals surface area contributed by atoms with Gasteiger partial charge in [0.05, 0.1) is 36.1 Å². The summed E-state index contributed by atoms with van der Waals surface area (Å²) in [6, 6.07) is 9.80. The number of nitrogens with one attached hydrogen (secondary N) is 1. The fourth-order valence-corrected chi connectivity index (χ4v) is 3.06. The maximum Gasteiger partial charge on any atom is 0.241 e. The molecule has 0 saturated heterocycles. The highest BCUT2D eigenvalue weighted by atomic mass is 32.2. The van der Waals surface area contributed by atoms with Crippen LogP contribution in [0.4, 0.5) is 0 Å². The van der Waals surface area contributed by atoms with Crippen molar-refractivity contribution in [2.45, 2.75) is 11.4 Å². The number of rotatable bonds is 6. The summed E-state index contributed by atoms with van der Waals surface area (Å²) < 4.78 is 33.7.